The third-order valence-corrected chi connectivity index (χ3v) is 3.87. The van der Waals surface area contributed by atoms with Crippen LogP contribution in [0.1, 0.15) is 10.4 Å². The van der Waals surface area contributed by atoms with Crippen LogP contribution in [0.3, 0.4) is 0 Å². The van der Waals surface area contributed by atoms with Crippen molar-refractivity contribution in [3.63, 3.8) is 0 Å². The molecule has 0 saturated carbocycles. The van der Waals surface area contributed by atoms with Gasteiger partial charge in [-0.2, -0.15) is 0 Å². The molecule has 1 amide bonds. The molecule has 0 aromatic heterocycles. The number of benzene rings is 3. The molecule has 0 unspecified atom stereocenters. The smallest absolute Gasteiger partial charge is 0.259 e. The van der Waals surface area contributed by atoms with Gasteiger partial charge >= 0.3 is 0 Å². The average molecular weight is 374 g/mol. The Kier molecular flexibility index (Phi) is 5.12. The van der Waals surface area contributed by atoms with Gasteiger partial charge in [-0.05, 0) is 54.6 Å². The number of anilines is 1. The second kappa shape index (κ2) is 7.47. The van der Waals surface area contributed by atoms with Crippen molar-refractivity contribution in [3.05, 3.63) is 82.3 Å². The van der Waals surface area contributed by atoms with Gasteiger partial charge < -0.3 is 15.2 Å². The van der Waals surface area contributed by atoms with E-state index in [0.29, 0.717) is 27.2 Å². The highest BCUT2D eigenvalue weighted by Crippen LogP contribution is 2.33. The molecule has 3 rings (SSSR count). The Bertz CT molecular complexity index is 911. The summed E-state index contributed by atoms with van der Waals surface area (Å²) in [4.78, 5) is 12.4. The van der Waals surface area contributed by atoms with Gasteiger partial charge in [0.05, 0.1) is 11.3 Å². The first-order valence-electron chi connectivity index (χ1n) is 7.35. The number of ether oxygens (including phenoxy) is 1. The zero-order valence-electron chi connectivity index (χ0n) is 12.9. The molecular weight excluding hydrogens is 361 g/mol. The largest absolute Gasteiger partial charge is 0.507 e. The van der Waals surface area contributed by atoms with Crippen molar-refractivity contribution in [2.45, 2.75) is 0 Å². The van der Waals surface area contributed by atoms with Crippen molar-refractivity contribution < 1.29 is 14.6 Å². The van der Waals surface area contributed by atoms with Crippen LogP contribution in [0, 0.1) is 0 Å². The van der Waals surface area contributed by atoms with Crippen LogP contribution in [-0.2, 0) is 0 Å². The maximum absolute atomic E-state index is 12.4. The van der Waals surface area contributed by atoms with Crippen molar-refractivity contribution in [2.24, 2.45) is 0 Å². The number of nitrogens with one attached hydrogen (secondary N) is 1. The van der Waals surface area contributed by atoms with E-state index in [1.165, 1.54) is 12.1 Å². The van der Waals surface area contributed by atoms with Crippen LogP contribution >= 0.6 is 23.2 Å². The molecule has 3 aromatic rings. The molecule has 0 spiro atoms. The molecule has 6 heteroatoms. The van der Waals surface area contributed by atoms with E-state index in [1.807, 2.05) is 0 Å². The van der Waals surface area contributed by atoms with E-state index in [4.69, 9.17) is 27.9 Å². The highest BCUT2D eigenvalue weighted by molar-refractivity contribution is 6.31. The topological polar surface area (TPSA) is 58.6 Å². The summed E-state index contributed by atoms with van der Waals surface area (Å²) in [6.07, 6.45) is 0. The molecule has 0 heterocycles. The van der Waals surface area contributed by atoms with Crippen molar-refractivity contribution in [1.82, 2.24) is 0 Å². The number of para-hydroxylation sites is 1. The zero-order valence-corrected chi connectivity index (χ0v) is 14.4. The van der Waals surface area contributed by atoms with Crippen LogP contribution < -0.4 is 10.1 Å². The summed E-state index contributed by atoms with van der Waals surface area (Å²) in [5.41, 5.74) is 0.538. The first kappa shape index (κ1) is 17.1. The van der Waals surface area contributed by atoms with Gasteiger partial charge in [-0.15, -0.1) is 0 Å². The highest BCUT2D eigenvalue weighted by Gasteiger charge is 2.14. The molecule has 0 aliphatic heterocycles. The van der Waals surface area contributed by atoms with Gasteiger partial charge in [-0.3, -0.25) is 4.79 Å². The number of hydrogen-bond acceptors (Lipinski definition) is 3. The van der Waals surface area contributed by atoms with Crippen LogP contribution in [0.5, 0.6) is 17.2 Å². The highest BCUT2D eigenvalue weighted by atomic mass is 35.5. The summed E-state index contributed by atoms with van der Waals surface area (Å²) in [5.74, 6) is 0.392. The van der Waals surface area contributed by atoms with Crippen LogP contribution in [0.2, 0.25) is 10.0 Å². The Labute approximate surface area is 154 Å². The van der Waals surface area contributed by atoms with Crippen molar-refractivity contribution in [2.75, 3.05) is 5.32 Å². The monoisotopic (exact) mass is 373 g/mol. The number of phenols is 1. The zero-order chi connectivity index (χ0) is 17.8. The molecular formula is C19H13Cl2NO3. The molecule has 0 atom stereocenters. The molecule has 3 aromatic carbocycles. The molecule has 0 saturated heterocycles. The third-order valence-electron chi connectivity index (χ3n) is 3.38. The van der Waals surface area contributed by atoms with E-state index in [0.717, 1.165) is 0 Å². The van der Waals surface area contributed by atoms with Gasteiger partial charge in [-0.1, -0.05) is 35.3 Å². The lowest BCUT2D eigenvalue weighted by molar-refractivity contribution is 0.102. The van der Waals surface area contributed by atoms with Gasteiger partial charge in [-0.25, -0.2) is 0 Å². The molecule has 25 heavy (non-hydrogen) atoms. The second-order valence-corrected chi connectivity index (χ2v) is 6.04. The van der Waals surface area contributed by atoms with E-state index < -0.39 is 5.91 Å². The number of rotatable bonds is 4. The SMILES string of the molecule is O=C(Nc1cc(Cl)ccc1Oc1ccc(Cl)cc1)c1ccccc1O. The van der Waals surface area contributed by atoms with Gasteiger partial charge in [0.1, 0.15) is 11.5 Å². The minimum atomic E-state index is -0.471. The predicted molar refractivity (Wildman–Crippen MR) is 99.0 cm³/mol. The molecule has 0 aliphatic carbocycles. The fourth-order valence-electron chi connectivity index (χ4n) is 2.17. The Hall–Kier alpha value is -2.69. The lowest BCUT2D eigenvalue weighted by atomic mass is 10.2. The van der Waals surface area contributed by atoms with Gasteiger partial charge in [0.15, 0.2) is 5.75 Å². The Morgan fingerprint density at radius 2 is 1.60 bits per heavy atom. The summed E-state index contributed by atoms with van der Waals surface area (Å²) in [5, 5.41) is 13.6. The summed E-state index contributed by atoms with van der Waals surface area (Å²) >= 11 is 11.9. The van der Waals surface area contributed by atoms with Crippen LogP contribution in [0.4, 0.5) is 5.69 Å². The Morgan fingerprint density at radius 1 is 0.920 bits per heavy atom. The number of phenolic OH excluding ortho intramolecular Hbond substituents is 1. The van der Waals surface area contributed by atoms with Gasteiger partial charge in [0, 0.05) is 10.0 Å². The second-order valence-electron chi connectivity index (χ2n) is 5.17. The molecule has 2 N–H and O–H groups in total. The molecule has 0 aliphatic rings. The summed E-state index contributed by atoms with van der Waals surface area (Å²) in [7, 11) is 0. The van der Waals surface area contributed by atoms with E-state index in [9.17, 15) is 9.90 Å². The lowest BCUT2D eigenvalue weighted by Gasteiger charge is -2.13. The Morgan fingerprint density at radius 3 is 2.32 bits per heavy atom. The minimum Gasteiger partial charge on any atom is -0.507 e. The van der Waals surface area contributed by atoms with Gasteiger partial charge in [0.25, 0.3) is 5.91 Å². The van der Waals surface area contributed by atoms with E-state index in [1.54, 1.807) is 54.6 Å². The first-order chi connectivity index (χ1) is 12.0. The number of amides is 1. The lowest BCUT2D eigenvalue weighted by Crippen LogP contribution is -2.12. The fraction of sp³-hybridized carbons (Fsp3) is 0. The molecule has 0 fully saturated rings. The third kappa shape index (κ3) is 4.24. The molecule has 0 radical (unpaired) electrons. The minimum absolute atomic E-state index is 0.109. The molecule has 0 bridgehead atoms. The normalized spacial score (nSPS) is 10.3. The number of hydrogen-bond donors (Lipinski definition) is 2. The quantitative estimate of drug-likeness (QED) is 0.612. The van der Waals surface area contributed by atoms with E-state index >= 15 is 0 Å². The summed E-state index contributed by atoms with van der Waals surface area (Å²) < 4.78 is 5.79. The Balaban J connectivity index is 1.88. The summed E-state index contributed by atoms with van der Waals surface area (Å²) in [6.45, 7) is 0. The van der Waals surface area contributed by atoms with Crippen molar-refractivity contribution in [1.29, 1.82) is 0 Å². The van der Waals surface area contributed by atoms with Crippen LogP contribution in [0.25, 0.3) is 0 Å². The van der Waals surface area contributed by atoms with Crippen LogP contribution in [0.15, 0.2) is 66.7 Å². The number of aromatic hydroxyl groups is 1. The van der Waals surface area contributed by atoms with E-state index in [2.05, 4.69) is 5.32 Å². The first-order valence-corrected chi connectivity index (χ1v) is 8.11. The maximum atomic E-state index is 12.4. The van der Waals surface area contributed by atoms with Gasteiger partial charge in [0.2, 0.25) is 0 Å². The average Bonchev–Trinajstić information content (AvgIpc) is 2.59. The summed E-state index contributed by atoms with van der Waals surface area (Å²) in [6, 6.07) is 18.0. The van der Waals surface area contributed by atoms with Crippen LogP contribution in [-0.4, -0.2) is 11.0 Å². The molecule has 126 valence electrons. The van der Waals surface area contributed by atoms with Crippen molar-refractivity contribution >= 4 is 34.8 Å². The number of carbonyl (C=O) groups is 1. The van der Waals surface area contributed by atoms with Crippen molar-refractivity contribution in [3.8, 4) is 17.2 Å². The standard InChI is InChI=1S/C19H13Cl2NO3/c20-12-5-8-14(9-6-12)25-18-10-7-13(21)11-16(18)22-19(24)15-3-1-2-4-17(15)23/h1-11,23H,(H,22,24). The van der Waals surface area contributed by atoms with E-state index in [-0.39, 0.29) is 11.3 Å². The molecule has 4 nitrogen and oxygen atoms in total. The maximum Gasteiger partial charge on any atom is 0.259 e. The number of carbonyl (C=O) groups excluding carboxylic acids is 1. The predicted octanol–water partition coefficient (Wildman–Crippen LogP) is 5.74. The number of halogens is 2. The fourth-order valence-corrected chi connectivity index (χ4v) is 2.47.